The van der Waals surface area contributed by atoms with Crippen LogP contribution in [0.2, 0.25) is 0 Å². The van der Waals surface area contributed by atoms with Gasteiger partial charge in [0.25, 0.3) is 5.91 Å². The Kier molecular flexibility index (Phi) is 12.9. The first-order valence-electron chi connectivity index (χ1n) is 20.3. The SMILES string of the molecule is C[C@H]1[C@@H](CN2CCC[C@H]2C(=O)OC(C)(C)C)O[C@@H](c2cccc(-c3cccc(CN4C(=O)CC(NC(=O)OCc5ccccc5)C4=O)c3)c2)O[C@H]1c1ccc(CO)cc1. The minimum atomic E-state index is -1.00. The number of benzene rings is 4. The number of carbonyl (C=O) groups excluding carboxylic acids is 4. The predicted molar refractivity (Wildman–Crippen MR) is 219 cm³/mol. The lowest BCUT2D eigenvalue weighted by Crippen LogP contribution is -2.48. The molecule has 7 rings (SSSR count). The van der Waals surface area contributed by atoms with Crippen molar-refractivity contribution in [3.63, 3.8) is 0 Å². The Hall–Kier alpha value is -5.40. The quantitative estimate of drug-likeness (QED) is 0.114. The van der Waals surface area contributed by atoms with Crippen LogP contribution in [0.1, 0.15) is 87.2 Å². The highest BCUT2D eigenvalue weighted by molar-refractivity contribution is 6.06. The molecule has 0 spiro atoms. The number of hydrogen-bond acceptors (Lipinski definition) is 10. The van der Waals surface area contributed by atoms with Crippen LogP contribution in [0.3, 0.4) is 0 Å². The molecule has 0 saturated carbocycles. The molecular formula is C47H53N3O9. The van der Waals surface area contributed by atoms with Crippen molar-refractivity contribution in [3.8, 4) is 11.1 Å². The summed E-state index contributed by atoms with van der Waals surface area (Å²) in [5, 5.41) is 12.2. The van der Waals surface area contributed by atoms with Gasteiger partial charge in [0.05, 0.1) is 31.8 Å². The number of nitrogens with one attached hydrogen (secondary N) is 1. The second kappa shape index (κ2) is 18.3. The minimum Gasteiger partial charge on any atom is -0.459 e. The van der Waals surface area contributed by atoms with Crippen molar-refractivity contribution >= 4 is 23.9 Å². The van der Waals surface area contributed by atoms with E-state index in [1.807, 2.05) is 124 Å². The first kappa shape index (κ1) is 41.7. The molecule has 3 heterocycles. The largest absolute Gasteiger partial charge is 0.459 e. The van der Waals surface area contributed by atoms with Gasteiger partial charge in [-0.05, 0) is 85.7 Å². The summed E-state index contributed by atoms with van der Waals surface area (Å²) in [6, 6.07) is 31.2. The van der Waals surface area contributed by atoms with E-state index in [0.29, 0.717) is 6.54 Å². The van der Waals surface area contributed by atoms with Crippen LogP contribution < -0.4 is 5.32 Å². The maximum absolute atomic E-state index is 13.3. The fourth-order valence-electron chi connectivity index (χ4n) is 8.01. The Labute approximate surface area is 345 Å². The molecule has 2 N–H and O–H groups in total. The normalized spacial score (nSPS) is 23.6. The third-order valence-electron chi connectivity index (χ3n) is 11.1. The van der Waals surface area contributed by atoms with Crippen molar-refractivity contribution < 1.29 is 43.2 Å². The number of nitrogens with zero attached hydrogens (tertiary/aromatic N) is 2. The van der Waals surface area contributed by atoms with Crippen LogP contribution in [0.5, 0.6) is 0 Å². The molecule has 59 heavy (non-hydrogen) atoms. The lowest BCUT2D eigenvalue weighted by molar-refractivity contribution is -0.276. The predicted octanol–water partition coefficient (Wildman–Crippen LogP) is 7.00. The summed E-state index contributed by atoms with van der Waals surface area (Å²) >= 11 is 0. The van der Waals surface area contributed by atoms with E-state index in [1.165, 1.54) is 4.90 Å². The molecule has 3 amide bonds. The number of imide groups is 1. The number of ether oxygens (including phenoxy) is 4. The van der Waals surface area contributed by atoms with Gasteiger partial charge in [-0.3, -0.25) is 24.2 Å². The van der Waals surface area contributed by atoms with Crippen molar-refractivity contribution in [2.45, 2.75) is 103 Å². The highest BCUT2D eigenvalue weighted by atomic mass is 16.7. The van der Waals surface area contributed by atoms with E-state index in [1.54, 1.807) is 0 Å². The Morgan fingerprint density at radius 2 is 1.56 bits per heavy atom. The molecule has 1 unspecified atom stereocenters. The number of aliphatic hydroxyl groups is 1. The third-order valence-corrected chi connectivity index (χ3v) is 11.1. The summed E-state index contributed by atoms with van der Waals surface area (Å²) < 4.78 is 24.6. The smallest absolute Gasteiger partial charge is 0.408 e. The molecule has 0 bridgehead atoms. The molecule has 310 valence electrons. The topological polar surface area (TPSA) is 144 Å². The molecule has 4 aromatic carbocycles. The lowest BCUT2D eigenvalue weighted by atomic mass is 9.89. The van der Waals surface area contributed by atoms with E-state index in [-0.39, 0.29) is 62.2 Å². The second-order valence-electron chi connectivity index (χ2n) is 16.6. The Morgan fingerprint density at radius 3 is 2.29 bits per heavy atom. The average molecular weight is 804 g/mol. The molecule has 3 aliphatic rings. The van der Waals surface area contributed by atoms with Gasteiger partial charge in [-0.15, -0.1) is 0 Å². The Morgan fingerprint density at radius 1 is 0.847 bits per heavy atom. The summed E-state index contributed by atoms with van der Waals surface area (Å²) in [4.78, 5) is 55.4. The minimum absolute atomic E-state index is 0.0482. The lowest BCUT2D eigenvalue weighted by Gasteiger charge is -2.43. The number of alkyl carbamates (subject to hydrolysis) is 1. The van der Waals surface area contributed by atoms with Gasteiger partial charge in [0.15, 0.2) is 6.29 Å². The summed E-state index contributed by atoms with van der Waals surface area (Å²) in [6.07, 6.45) is -0.639. The van der Waals surface area contributed by atoms with Crippen molar-refractivity contribution in [2.24, 2.45) is 5.92 Å². The van der Waals surface area contributed by atoms with E-state index in [0.717, 1.165) is 58.3 Å². The Balaban J connectivity index is 1.06. The highest BCUT2D eigenvalue weighted by Crippen LogP contribution is 2.43. The van der Waals surface area contributed by atoms with Crippen molar-refractivity contribution in [2.75, 3.05) is 13.1 Å². The molecule has 3 saturated heterocycles. The van der Waals surface area contributed by atoms with Crippen LogP contribution in [-0.2, 0) is 53.1 Å². The summed E-state index contributed by atoms with van der Waals surface area (Å²) in [6.45, 7) is 9.08. The summed E-state index contributed by atoms with van der Waals surface area (Å²) in [5.74, 6) is -1.15. The zero-order valence-corrected chi connectivity index (χ0v) is 34.0. The first-order valence-corrected chi connectivity index (χ1v) is 20.3. The molecule has 0 aliphatic carbocycles. The maximum atomic E-state index is 13.3. The van der Waals surface area contributed by atoms with Gasteiger partial charge in [-0.1, -0.05) is 97.9 Å². The van der Waals surface area contributed by atoms with Crippen LogP contribution in [0, 0.1) is 5.92 Å². The van der Waals surface area contributed by atoms with E-state index >= 15 is 0 Å². The van der Waals surface area contributed by atoms with Crippen molar-refractivity contribution in [1.82, 2.24) is 15.1 Å². The van der Waals surface area contributed by atoms with Gasteiger partial charge < -0.3 is 29.4 Å². The molecule has 12 heteroatoms. The summed E-state index contributed by atoms with van der Waals surface area (Å²) in [7, 11) is 0. The molecule has 4 aromatic rings. The van der Waals surface area contributed by atoms with Crippen LogP contribution in [0.4, 0.5) is 4.79 Å². The molecular weight excluding hydrogens is 751 g/mol. The van der Waals surface area contributed by atoms with Crippen molar-refractivity contribution in [3.05, 3.63) is 131 Å². The first-order chi connectivity index (χ1) is 28.3. The monoisotopic (exact) mass is 803 g/mol. The number of esters is 1. The highest BCUT2D eigenvalue weighted by Gasteiger charge is 2.43. The number of carbonyl (C=O) groups is 4. The van der Waals surface area contributed by atoms with E-state index in [2.05, 4.69) is 17.1 Å². The van der Waals surface area contributed by atoms with Gasteiger partial charge in [-0.2, -0.15) is 0 Å². The van der Waals surface area contributed by atoms with Gasteiger partial charge in [0, 0.05) is 18.0 Å². The fourth-order valence-corrected chi connectivity index (χ4v) is 8.01. The molecule has 3 aliphatic heterocycles. The zero-order chi connectivity index (χ0) is 41.7. The molecule has 0 aromatic heterocycles. The van der Waals surface area contributed by atoms with Crippen LogP contribution in [0.15, 0.2) is 103 Å². The van der Waals surface area contributed by atoms with Crippen molar-refractivity contribution in [1.29, 1.82) is 0 Å². The van der Waals surface area contributed by atoms with Crippen LogP contribution in [0.25, 0.3) is 11.1 Å². The van der Waals surface area contributed by atoms with E-state index < -0.39 is 29.9 Å². The van der Waals surface area contributed by atoms with Gasteiger partial charge in [0.2, 0.25) is 5.91 Å². The number of hydrogen-bond donors (Lipinski definition) is 2. The molecule has 0 radical (unpaired) electrons. The number of amides is 3. The van der Waals surface area contributed by atoms with Crippen LogP contribution in [-0.4, -0.2) is 75.7 Å². The second-order valence-corrected chi connectivity index (χ2v) is 16.6. The number of rotatable bonds is 12. The van der Waals surface area contributed by atoms with Gasteiger partial charge in [0.1, 0.15) is 24.3 Å². The standard InChI is InChI=1S/C47H53N3O9/c1-30-40(27-49-22-10-17-39(49)44(54)59-47(2,3)4)57-45(58-42(30)34-20-18-31(28-51)19-21-34)37-16-9-15-36(24-37)35-14-8-13-33(23-35)26-50-41(52)25-38(43(50)53)48-46(55)56-29-32-11-6-5-7-12-32/h5-9,11-16,18-21,23-24,30,38-40,42,45,51H,10,17,22,25-29H2,1-4H3,(H,48,55)/t30-,38?,39-,40+,42+,45+/m0/s1. The van der Waals surface area contributed by atoms with E-state index in [4.69, 9.17) is 18.9 Å². The Bertz CT molecular complexity index is 2120. The number of likely N-dealkylation sites (tertiary alicyclic amines) is 2. The summed E-state index contributed by atoms with van der Waals surface area (Å²) in [5.41, 5.74) is 5.32. The van der Waals surface area contributed by atoms with Gasteiger partial charge >= 0.3 is 12.1 Å². The van der Waals surface area contributed by atoms with Gasteiger partial charge in [-0.25, -0.2) is 4.79 Å². The zero-order valence-electron chi connectivity index (χ0n) is 34.0. The van der Waals surface area contributed by atoms with Crippen LogP contribution >= 0.6 is 0 Å². The molecule has 12 nitrogen and oxygen atoms in total. The fraction of sp³-hybridized carbons (Fsp3) is 0.404. The number of aliphatic hydroxyl groups excluding tert-OH is 1. The maximum Gasteiger partial charge on any atom is 0.408 e. The third kappa shape index (κ3) is 10.3. The average Bonchev–Trinajstić information content (AvgIpc) is 3.80. The molecule has 6 atom stereocenters. The van der Waals surface area contributed by atoms with E-state index in [9.17, 15) is 24.3 Å². The molecule has 3 fully saturated rings.